The maximum absolute atomic E-state index is 8.00. The summed E-state index contributed by atoms with van der Waals surface area (Å²) in [5.41, 5.74) is 4.25. The second kappa shape index (κ2) is 10.4. The summed E-state index contributed by atoms with van der Waals surface area (Å²) < 4.78 is 0. The molecule has 0 aromatic carbocycles. The normalized spacial score (nSPS) is 18.0. The molecule has 0 saturated heterocycles. The molecular formula is C11H17CoO2-. The molecule has 3 heteroatoms. The molecule has 0 N–H and O–H groups in total. The summed E-state index contributed by atoms with van der Waals surface area (Å²) in [4.78, 5) is 16.0. The first-order chi connectivity index (χ1) is 6.13. The summed E-state index contributed by atoms with van der Waals surface area (Å²) in [5.74, 6) is 0.560. The Hall–Kier alpha value is -0.674. The third kappa shape index (κ3) is 5.14. The first kappa shape index (κ1) is 19.0. The van der Waals surface area contributed by atoms with Gasteiger partial charge in [-0.15, -0.1) is 6.92 Å². The van der Waals surface area contributed by atoms with Crippen molar-refractivity contribution in [3.8, 4) is 0 Å². The van der Waals surface area contributed by atoms with Crippen molar-refractivity contribution in [1.82, 2.24) is 0 Å². The largest absolute Gasteiger partial charge is 0.307 e. The van der Waals surface area contributed by atoms with E-state index in [0.29, 0.717) is 5.92 Å². The minimum absolute atomic E-state index is 0. The number of rotatable bonds is 0. The summed E-state index contributed by atoms with van der Waals surface area (Å²) in [5, 5.41) is 0. The predicted molar refractivity (Wildman–Crippen MR) is 54.2 cm³/mol. The molecule has 2 nitrogen and oxygen atoms in total. The molecule has 14 heavy (non-hydrogen) atoms. The van der Waals surface area contributed by atoms with E-state index in [9.17, 15) is 0 Å². The fraction of sp³-hybridized carbons (Fsp3) is 0.455. The van der Waals surface area contributed by atoms with Crippen molar-refractivity contribution in [3.05, 3.63) is 22.8 Å². The fourth-order valence-corrected chi connectivity index (χ4v) is 1.16. The maximum atomic E-state index is 8.00. The molecule has 0 bridgehead atoms. The second-order valence-corrected chi connectivity index (χ2v) is 2.80. The summed E-state index contributed by atoms with van der Waals surface area (Å²) in [6, 6.07) is 0. The average Bonchev–Trinajstić information content (AvgIpc) is 2.40. The maximum Gasteiger partial charge on any atom is 0.106 e. The molecule has 0 aromatic heterocycles. The van der Waals surface area contributed by atoms with Gasteiger partial charge in [-0.3, -0.25) is 6.08 Å². The van der Waals surface area contributed by atoms with Crippen molar-refractivity contribution in [1.29, 1.82) is 0 Å². The van der Waals surface area contributed by atoms with E-state index in [1.807, 2.05) is 13.6 Å². The van der Waals surface area contributed by atoms with E-state index in [-0.39, 0.29) is 16.8 Å². The SMILES string of the molecule is C=O.C=O.CC1=[C-]C(C)C(C)=C1C.[Co]. The minimum atomic E-state index is 0. The standard InChI is InChI=1S/C9H13.2CH2O.Co/c1-6-5-7(2)9(4)8(6)3;2*1-2;/h6H,1-4H3;2*1H2;/q-1;;;. The molecule has 0 aromatic rings. The minimum Gasteiger partial charge on any atom is -0.307 e. The third-order valence-electron chi connectivity index (χ3n) is 2.24. The van der Waals surface area contributed by atoms with Gasteiger partial charge in [0.05, 0.1) is 0 Å². The van der Waals surface area contributed by atoms with Crippen LogP contribution in [0.1, 0.15) is 27.7 Å². The Labute approximate surface area is 96.7 Å². The molecule has 1 radical (unpaired) electrons. The molecule has 1 unspecified atom stereocenters. The molecule has 83 valence electrons. The molecule has 1 aliphatic carbocycles. The van der Waals surface area contributed by atoms with Crippen LogP contribution in [-0.2, 0) is 26.4 Å². The van der Waals surface area contributed by atoms with Crippen LogP contribution in [-0.4, -0.2) is 13.6 Å². The third-order valence-corrected chi connectivity index (χ3v) is 2.24. The van der Waals surface area contributed by atoms with E-state index in [2.05, 4.69) is 33.8 Å². The molecule has 0 amide bonds. The molecule has 0 heterocycles. The summed E-state index contributed by atoms with van der Waals surface area (Å²) in [6.45, 7) is 12.7. The molecule has 0 aliphatic heterocycles. The van der Waals surface area contributed by atoms with Gasteiger partial charge in [0.1, 0.15) is 13.6 Å². The van der Waals surface area contributed by atoms with Crippen LogP contribution in [0.25, 0.3) is 0 Å². The van der Waals surface area contributed by atoms with Crippen LogP contribution in [0, 0.1) is 12.0 Å². The molecule has 0 fully saturated rings. The van der Waals surface area contributed by atoms with Crippen molar-refractivity contribution >= 4 is 13.6 Å². The summed E-state index contributed by atoms with van der Waals surface area (Å²) >= 11 is 0. The van der Waals surface area contributed by atoms with E-state index in [0.717, 1.165) is 0 Å². The van der Waals surface area contributed by atoms with E-state index in [1.165, 1.54) is 16.7 Å². The van der Waals surface area contributed by atoms with Gasteiger partial charge in [0, 0.05) is 16.8 Å². The Morgan fingerprint density at radius 3 is 1.50 bits per heavy atom. The van der Waals surface area contributed by atoms with Gasteiger partial charge < -0.3 is 9.59 Å². The molecule has 1 aliphatic rings. The van der Waals surface area contributed by atoms with E-state index in [1.54, 1.807) is 0 Å². The summed E-state index contributed by atoms with van der Waals surface area (Å²) in [7, 11) is 0. The van der Waals surface area contributed by atoms with Crippen molar-refractivity contribution in [2.24, 2.45) is 5.92 Å². The van der Waals surface area contributed by atoms with Gasteiger partial charge in [0.25, 0.3) is 0 Å². The molecular weight excluding hydrogens is 223 g/mol. The average molecular weight is 240 g/mol. The van der Waals surface area contributed by atoms with Gasteiger partial charge in [-0.25, -0.2) is 5.57 Å². The van der Waals surface area contributed by atoms with Gasteiger partial charge in [-0.1, -0.05) is 26.7 Å². The molecule has 0 saturated carbocycles. The number of carbonyl (C=O) groups is 2. The second-order valence-electron chi connectivity index (χ2n) is 2.80. The van der Waals surface area contributed by atoms with Crippen LogP contribution in [0.15, 0.2) is 16.7 Å². The summed E-state index contributed by atoms with van der Waals surface area (Å²) in [6.07, 6.45) is 3.36. The Bertz CT molecular complexity index is 217. The van der Waals surface area contributed by atoms with Crippen LogP contribution in [0.2, 0.25) is 0 Å². The van der Waals surface area contributed by atoms with Crippen LogP contribution in [0.4, 0.5) is 0 Å². The molecule has 1 atom stereocenters. The zero-order chi connectivity index (χ0) is 11.0. The van der Waals surface area contributed by atoms with Crippen molar-refractivity contribution in [2.75, 3.05) is 0 Å². The Morgan fingerprint density at radius 2 is 1.43 bits per heavy atom. The van der Waals surface area contributed by atoms with Crippen molar-refractivity contribution in [3.63, 3.8) is 0 Å². The number of allylic oxidation sites excluding steroid dienone is 4. The number of hydrogen-bond acceptors (Lipinski definition) is 2. The zero-order valence-electron chi connectivity index (χ0n) is 9.14. The monoisotopic (exact) mass is 240 g/mol. The molecule has 0 spiro atoms. The quantitative estimate of drug-likeness (QED) is 0.609. The Kier molecular flexibility index (Phi) is 14.1. The van der Waals surface area contributed by atoms with Crippen LogP contribution >= 0.6 is 0 Å². The first-order valence-corrected chi connectivity index (χ1v) is 3.98. The van der Waals surface area contributed by atoms with Crippen LogP contribution in [0.5, 0.6) is 0 Å². The van der Waals surface area contributed by atoms with Gasteiger partial charge in [-0.2, -0.15) is 11.1 Å². The van der Waals surface area contributed by atoms with Crippen LogP contribution < -0.4 is 0 Å². The van der Waals surface area contributed by atoms with Gasteiger partial charge in [0.2, 0.25) is 0 Å². The first-order valence-electron chi connectivity index (χ1n) is 3.98. The van der Waals surface area contributed by atoms with E-state index in [4.69, 9.17) is 9.59 Å². The number of hydrogen-bond donors (Lipinski definition) is 0. The van der Waals surface area contributed by atoms with Crippen molar-refractivity contribution < 1.29 is 26.4 Å². The number of carbonyl (C=O) groups excluding carboxylic acids is 2. The molecule has 1 rings (SSSR count). The van der Waals surface area contributed by atoms with Crippen LogP contribution in [0.3, 0.4) is 0 Å². The zero-order valence-corrected chi connectivity index (χ0v) is 10.2. The Balaban J connectivity index is -0.000000216. The van der Waals surface area contributed by atoms with E-state index < -0.39 is 0 Å². The fourth-order valence-electron chi connectivity index (χ4n) is 1.16. The van der Waals surface area contributed by atoms with Gasteiger partial charge >= 0.3 is 0 Å². The van der Waals surface area contributed by atoms with E-state index >= 15 is 0 Å². The van der Waals surface area contributed by atoms with Gasteiger partial charge in [-0.05, 0) is 0 Å². The Morgan fingerprint density at radius 1 is 1.07 bits per heavy atom. The van der Waals surface area contributed by atoms with Crippen molar-refractivity contribution in [2.45, 2.75) is 27.7 Å². The van der Waals surface area contributed by atoms with Gasteiger partial charge in [0.15, 0.2) is 0 Å². The predicted octanol–water partition coefficient (Wildman–Crippen LogP) is 2.35. The smallest absolute Gasteiger partial charge is 0.106 e. The topological polar surface area (TPSA) is 34.1 Å².